The summed E-state index contributed by atoms with van der Waals surface area (Å²) in [5.41, 5.74) is 0. The van der Waals surface area contributed by atoms with Crippen LogP contribution in [-0.2, 0) is 10.0 Å². The molecule has 1 aliphatic carbocycles. The summed E-state index contributed by atoms with van der Waals surface area (Å²) in [5, 5.41) is 0.276. The van der Waals surface area contributed by atoms with Crippen LogP contribution in [0.25, 0.3) is 0 Å². The van der Waals surface area contributed by atoms with Gasteiger partial charge in [-0.2, -0.15) is 4.31 Å². The van der Waals surface area contributed by atoms with E-state index < -0.39 is 10.0 Å². The minimum absolute atomic E-state index is 0.113. The smallest absolute Gasteiger partial charge is 0.242 e. The van der Waals surface area contributed by atoms with Crippen molar-refractivity contribution in [1.82, 2.24) is 9.29 Å². The van der Waals surface area contributed by atoms with E-state index in [2.05, 4.69) is 18.8 Å². The lowest BCUT2D eigenvalue weighted by molar-refractivity contribution is 0.373. The molecule has 0 unspecified atom stereocenters. The first-order valence-electron chi connectivity index (χ1n) is 6.65. The lowest BCUT2D eigenvalue weighted by Crippen LogP contribution is -2.34. The normalized spacial score (nSPS) is 16.1. The van der Waals surface area contributed by atoms with E-state index in [-0.39, 0.29) is 21.1 Å². The van der Waals surface area contributed by atoms with Crippen molar-refractivity contribution in [3.63, 3.8) is 0 Å². The highest BCUT2D eigenvalue weighted by Crippen LogP contribution is 2.33. The third kappa shape index (κ3) is 3.64. The van der Waals surface area contributed by atoms with Gasteiger partial charge in [0.1, 0.15) is 10.0 Å². The Labute approximate surface area is 130 Å². The number of hydrogen-bond acceptors (Lipinski definition) is 3. The molecule has 20 heavy (non-hydrogen) atoms. The number of aromatic nitrogens is 1. The fourth-order valence-electron chi connectivity index (χ4n) is 1.93. The molecule has 0 saturated heterocycles. The second kappa shape index (κ2) is 6.18. The molecule has 1 heterocycles. The highest BCUT2D eigenvalue weighted by Gasteiger charge is 2.38. The first-order chi connectivity index (χ1) is 9.32. The predicted octanol–water partition coefficient (Wildman–Crippen LogP) is 3.59. The fraction of sp³-hybridized carbons (Fsp3) is 0.615. The molecule has 1 aliphatic rings. The van der Waals surface area contributed by atoms with Gasteiger partial charge in [-0.05, 0) is 31.2 Å². The van der Waals surface area contributed by atoms with Crippen LogP contribution < -0.4 is 0 Å². The molecule has 112 valence electrons. The van der Waals surface area contributed by atoms with Gasteiger partial charge in [0.15, 0.2) is 0 Å². The van der Waals surface area contributed by atoms with Crippen LogP contribution in [0.1, 0.15) is 33.1 Å². The van der Waals surface area contributed by atoms with Gasteiger partial charge in [0, 0.05) is 18.8 Å². The van der Waals surface area contributed by atoms with Crippen molar-refractivity contribution in [2.24, 2.45) is 5.92 Å². The van der Waals surface area contributed by atoms with E-state index in [1.165, 1.54) is 12.3 Å². The Morgan fingerprint density at radius 3 is 2.55 bits per heavy atom. The van der Waals surface area contributed by atoms with E-state index in [0.717, 1.165) is 19.3 Å². The van der Waals surface area contributed by atoms with Crippen molar-refractivity contribution >= 4 is 33.2 Å². The molecule has 0 N–H and O–H groups in total. The average Bonchev–Trinajstić information content (AvgIpc) is 3.16. The number of rotatable bonds is 6. The lowest BCUT2D eigenvalue weighted by Gasteiger charge is -2.22. The van der Waals surface area contributed by atoms with Crippen LogP contribution in [-0.4, -0.2) is 30.3 Å². The van der Waals surface area contributed by atoms with Crippen LogP contribution in [0.2, 0.25) is 10.2 Å². The third-order valence-electron chi connectivity index (χ3n) is 3.26. The molecule has 0 atom stereocenters. The summed E-state index contributed by atoms with van der Waals surface area (Å²) in [5.74, 6) is 0.457. The summed E-state index contributed by atoms with van der Waals surface area (Å²) in [7, 11) is -3.55. The molecule has 0 bridgehead atoms. The zero-order valence-corrected chi connectivity index (χ0v) is 13.8. The average molecular weight is 337 g/mol. The Bertz CT molecular complexity index is 586. The van der Waals surface area contributed by atoms with Gasteiger partial charge in [-0.3, -0.25) is 0 Å². The Kier molecular flexibility index (Phi) is 4.95. The van der Waals surface area contributed by atoms with Gasteiger partial charge in [0.05, 0.1) is 5.02 Å². The summed E-state index contributed by atoms with van der Waals surface area (Å²) >= 11 is 11.6. The minimum atomic E-state index is -3.55. The molecule has 7 heteroatoms. The molecule has 1 aromatic heterocycles. The van der Waals surface area contributed by atoms with Crippen LogP contribution >= 0.6 is 23.2 Å². The van der Waals surface area contributed by atoms with Crippen molar-refractivity contribution in [2.45, 2.75) is 44.0 Å². The maximum absolute atomic E-state index is 12.7. The maximum atomic E-state index is 12.7. The van der Waals surface area contributed by atoms with Crippen molar-refractivity contribution in [2.75, 3.05) is 6.54 Å². The molecular weight excluding hydrogens is 319 g/mol. The van der Waals surface area contributed by atoms with E-state index in [4.69, 9.17) is 23.2 Å². The molecule has 0 aliphatic heterocycles. The lowest BCUT2D eigenvalue weighted by atomic mass is 10.1. The number of sulfonamides is 1. The quantitative estimate of drug-likeness (QED) is 0.746. The van der Waals surface area contributed by atoms with Crippen LogP contribution in [0.4, 0.5) is 0 Å². The van der Waals surface area contributed by atoms with Gasteiger partial charge in [-0.15, -0.1) is 0 Å². The Morgan fingerprint density at radius 2 is 2.05 bits per heavy atom. The van der Waals surface area contributed by atoms with E-state index in [0.29, 0.717) is 12.5 Å². The van der Waals surface area contributed by atoms with Crippen LogP contribution in [0.5, 0.6) is 0 Å². The van der Waals surface area contributed by atoms with Gasteiger partial charge in [0.25, 0.3) is 0 Å². The van der Waals surface area contributed by atoms with Crippen LogP contribution in [0.15, 0.2) is 17.2 Å². The standard InChI is InChI=1S/C13H18Cl2N2O2S/c1-9(2)5-6-17(10-3-4-10)20(18,19)11-7-12(14)13(15)16-8-11/h7-10H,3-6H2,1-2H3. The van der Waals surface area contributed by atoms with Gasteiger partial charge in [-0.1, -0.05) is 37.0 Å². The Balaban J connectivity index is 2.27. The van der Waals surface area contributed by atoms with Crippen molar-refractivity contribution in [3.8, 4) is 0 Å². The second-order valence-corrected chi connectivity index (χ2v) is 8.13. The topological polar surface area (TPSA) is 50.3 Å². The molecule has 0 aromatic carbocycles. The molecule has 1 saturated carbocycles. The van der Waals surface area contributed by atoms with Crippen LogP contribution in [0, 0.1) is 5.92 Å². The zero-order valence-electron chi connectivity index (χ0n) is 11.5. The summed E-state index contributed by atoms with van der Waals surface area (Å²) in [4.78, 5) is 3.94. The molecule has 2 rings (SSSR count). The van der Waals surface area contributed by atoms with Gasteiger partial charge in [-0.25, -0.2) is 13.4 Å². The number of nitrogens with zero attached hydrogens (tertiary/aromatic N) is 2. The van der Waals surface area contributed by atoms with Gasteiger partial charge in [0.2, 0.25) is 10.0 Å². The largest absolute Gasteiger partial charge is 0.244 e. The Hall–Kier alpha value is -0.360. The van der Waals surface area contributed by atoms with Crippen molar-refractivity contribution in [3.05, 3.63) is 22.4 Å². The first-order valence-corrected chi connectivity index (χ1v) is 8.85. The van der Waals surface area contributed by atoms with Crippen molar-refractivity contribution in [1.29, 1.82) is 0 Å². The van der Waals surface area contributed by atoms with Gasteiger partial charge >= 0.3 is 0 Å². The molecule has 1 fully saturated rings. The molecule has 0 radical (unpaired) electrons. The van der Waals surface area contributed by atoms with E-state index in [9.17, 15) is 8.42 Å². The molecule has 4 nitrogen and oxygen atoms in total. The molecule has 0 amide bonds. The van der Waals surface area contributed by atoms with E-state index in [1.807, 2.05) is 0 Å². The number of hydrogen-bond donors (Lipinski definition) is 0. The Morgan fingerprint density at radius 1 is 1.40 bits per heavy atom. The number of halogens is 2. The third-order valence-corrected chi connectivity index (χ3v) is 5.86. The highest BCUT2D eigenvalue weighted by atomic mass is 35.5. The van der Waals surface area contributed by atoms with E-state index in [1.54, 1.807) is 4.31 Å². The summed E-state index contributed by atoms with van der Waals surface area (Å²) < 4.78 is 26.9. The first kappa shape index (κ1) is 16.0. The summed E-state index contributed by atoms with van der Waals surface area (Å²) in [6.07, 6.45) is 3.96. The zero-order chi connectivity index (χ0) is 14.9. The molecule has 0 spiro atoms. The fourth-order valence-corrected chi connectivity index (χ4v) is 3.93. The monoisotopic (exact) mass is 336 g/mol. The van der Waals surface area contributed by atoms with Crippen molar-refractivity contribution < 1.29 is 8.42 Å². The van der Waals surface area contributed by atoms with E-state index >= 15 is 0 Å². The minimum Gasteiger partial charge on any atom is -0.242 e. The summed E-state index contributed by atoms with van der Waals surface area (Å²) in [6.45, 7) is 4.70. The molecular formula is C13H18Cl2N2O2S. The molecule has 1 aromatic rings. The predicted molar refractivity (Wildman–Crippen MR) is 80.6 cm³/mol. The SMILES string of the molecule is CC(C)CCN(C1CC1)S(=O)(=O)c1cnc(Cl)c(Cl)c1. The highest BCUT2D eigenvalue weighted by molar-refractivity contribution is 7.89. The maximum Gasteiger partial charge on any atom is 0.244 e. The second-order valence-electron chi connectivity index (χ2n) is 5.47. The summed E-state index contributed by atoms with van der Waals surface area (Å²) in [6, 6.07) is 1.49. The van der Waals surface area contributed by atoms with Crippen LogP contribution in [0.3, 0.4) is 0 Å². The number of pyridine rings is 1. The van der Waals surface area contributed by atoms with Gasteiger partial charge < -0.3 is 0 Å².